The number of aromatic nitrogens is 1. The zero-order valence-corrected chi connectivity index (χ0v) is 8.77. The van der Waals surface area contributed by atoms with Gasteiger partial charge in [-0.2, -0.15) is 4.39 Å². The van der Waals surface area contributed by atoms with Gasteiger partial charge in [-0.25, -0.2) is 4.98 Å². The van der Waals surface area contributed by atoms with E-state index in [1.165, 1.54) is 17.2 Å². The highest BCUT2D eigenvalue weighted by atomic mass is 19.1. The second-order valence-corrected chi connectivity index (χ2v) is 3.13. The standard InChI is InChI=1S/C11H13FN2O2/c1-2-5-14(6-7-15)11(16)9-3-4-10(12)13-8-9/h2-4,8,15H,1,5-7H2. The number of hydrogen-bond donors (Lipinski definition) is 1. The zero-order chi connectivity index (χ0) is 12.0. The van der Waals surface area contributed by atoms with Crippen LogP contribution < -0.4 is 0 Å². The lowest BCUT2D eigenvalue weighted by atomic mass is 10.2. The largest absolute Gasteiger partial charge is 0.395 e. The molecular weight excluding hydrogens is 211 g/mol. The quantitative estimate of drug-likeness (QED) is 0.595. The summed E-state index contributed by atoms with van der Waals surface area (Å²) in [7, 11) is 0. The number of rotatable bonds is 5. The number of aliphatic hydroxyl groups excluding tert-OH is 1. The fourth-order valence-electron chi connectivity index (χ4n) is 1.24. The summed E-state index contributed by atoms with van der Waals surface area (Å²) in [5.74, 6) is -0.935. The van der Waals surface area contributed by atoms with Gasteiger partial charge >= 0.3 is 0 Å². The Morgan fingerprint density at radius 1 is 1.62 bits per heavy atom. The predicted molar refractivity (Wildman–Crippen MR) is 57.4 cm³/mol. The van der Waals surface area contributed by atoms with Crippen molar-refractivity contribution in [3.63, 3.8) is 0 Å². The maximum atomic E-state index is 12.6. The van der Waals surface area contributed by atoms with Gasteiger partial charge in [0, 0.05) is 19.3 Å². The Morgan fingerprint density at radius 3 is 2.88 bits per heavy atom. The molecule has 5 heteroatoms. The number of amides is 1. The molecule has 0 aliphatic rings. The average molecular weight is 224 g/mol. The Bertz CT molecular complexity index is 365. The van der Waals surface area contributed by atoms with Crippen LogP contribution in [0.5, 0.6) is 0 Å². The number of hydrogen-bond acceptors (Lipinski definition) is 3. The van der Waals surface area contributed by atoms with E-state index in [0.717, 1.165) is 6.07 Å². The molecule has 1 aromatic rings. The van der Waals surface area contributed by atoms with E-state index in [1.807, 2.05) is 0 Å². The van der Waals surface area contributed by atoms with Gasteiger partial charge in [-0.15, -0.1) is 6.58 Å². The molecule has 86 valence electrons. The van der Waals surface area contributed by atoms with E-state index in [4.69, 9.17) is 5.11 Å². The number of carbonyl (C=O) groups is 1. The molecule has 0 bridgehead atoms. The fraction of sp³-hybridized carbons (Fsp3) is 0.273. The van der Waals surface area contributed by atoms with E-state index < -0.39 is 5.95 Å². The first-order chi connectivity index (χ1) is 7.69. The summed E-state index contributed by atoms with van der Waals surface area (Å²) in [5.41, 5.74) is 0.289. The summed E-state index contributed by atoms with van der Waals surface area (Å²) >= 11 is 0. The van der Waals surface area contributed by atoms with Crippen LogP contribution in [0.2, 0.25) is 0 Å². The topological polar surface area (TPSA) is 53.4 Å². The third-order valence-corrected chi connectivity index (χ3v) is 1.98. The van der Waals surface area contributed by atoms with E-state index in [1.54, 1.807) is 6.08 Å². The van der Waals surface area contributed by atoms with Crippen molar-refractivity contribution in [3.8, 4) is 0 Å². The van der Waals surface area contributed by atoms with Crippen LogP contribution in [-0.2, 0) is 0 Å². The lowest BCUT2D eigenvalue weighted by Crippen LogP contribution is -2.33. The molecule has 0 aliphatic heterocycles. The van der Waals surface area contributed by atoms with Crippen molar-refractivity contribution in [3.05, 3.63) is 42.5 Å². The van der Waals surface area contributed by atoms with Gasteiger partial charge in [0.05, 0.1) is 12.2 Å². The first kappa shape index (κ1) is 12.3. The molecule has 1 N–H and O–H groups in total. The highest BCUT2D eigenvalue weighted by Crippen LogP contribution is 2.04. The highest BCUT2D eigenvalue weighted by Gasteiger charge is 2.14. The van der Waals surface area contributed by atoms with Crippen LogP contribution in [-0.4, -0.2) is 40.6 Å². The normalized spacial score (nSPS) is 9.88. The van der Waals surface area contributed by atoms with Crippen molar-refractivity contribution in [2.45, 2.75) is 0 Å². The molecule has 1 heterocycles. The first-order valence-electron chi connectivity index (χ1n) is 4.81. The fourth-order valence-corrected chi connectivity index (χ4v) is 1.24. The van der Waals surface area contributed by atoms with Crippen LogP contribution in [0, 0.1) is 5.95 Å². The van der Waals surface area contributed by atoms with Crippen LogP contribution in [0.1, 0.15) is 10.4 Å². The number of nitrogens with zero attached hydrogens (tertiary/aromatic N) is 2. The molecule has 0 aliphatic carbocycles. The molecular formula is C11H13FN2O2. The Balaban J connectivity index is 2.80. The second-order valence-electron chi connectivity index (χ2n) is 3.13. The monoisotopic (exact) mass is 224 g/mol. The SMILES string of the molecule is C=CCN(CCO)C(=O)c1ccc(F)nc1. The molecule has 0 saturated heterocycles. The number of halogens is 1. The minimum absolute atomic E-state index is 0.131. The third-order valence-electron chi connectivity index (χ3n) is 1.98. The molecule has 1 rings (SSSR count). The average Bonchev–Trinajstić information content (AvgIpc) is 2.29. The first-order valence-corrected chi connectivity index (χ1v) is 4.81. The van der Waals surface area contributed by atoms with Crippen LogP contribution in [0.4, 0.5) is 4.39 Å². The second kappa shape index (κ2) is 5.97. The molecule has 0 aromatic carbocycles. The van der Waals surface area contributed by atoms with Gasteiger partial charge in [-0.05, 0) is 12.1 Å². The van der Waals surface area contributed by atoms with Crippen LogP contribution in [0.15, 0.2) is 31.0 Å². The number of pyridine rings is 1. The van der Waals surface area contributed by atoms with Gasteiger partial charge in [0.1, 0.15) is 0 Å². The van der Waals surface area contributed by atoms with Crippen molar-refractivity contribution >= 4 is 5.91 Å². The van der Waals surface area contributed by atoms with E-state index >= 15 is 0 Å². The molecule has 0 saturated carbocycles. The summed E-state index contributed by atoms with van der Waals surface area (Å²) in [5, 5.41) is 8.80. The van der Waals surface area contributed by atoms with Crippen molar-refractivity contribution in [1.29, 1.82) is 0 Å². The van der Waals surface area contributed by atoms with Crippen molar-refractivity contribution < 1.29 is 14.3 Å². The van der Waals surface area contributed by atoms with Gasteiger partial charge in [-0.1, -0.05) is 6.08 Å². The summed E-state index contributed by atoms with van der Waals surface area (Å²) in [6.45, 7) is 3.93. The van der Waals surface area contributed by atoms with Crippen molar-refractivity contribution in [2.24, 2.45) is 0 Å². The maximum Gasteiger partial charge on any atom is 0.255 e. The van der Waals surface area contributed by atoms with Gasteiger partial charge < -0.3 is 10.0 Å². The molecule has 0 spiro atoms. The lowest BCUT2D eigenvalue weighted by Gasteiger charge is -2.19. The summed E-state index contributed by atoms with van der Waals surface area (Å²) in [6, 6.07) is 2.48. The Hall–Kier alpha value is -1.75. The molecule has 1 amide bonds. The Kier molecular flexibility index (Phi) is 4.60. The van der Waals surface area contributed by atoms with Gasteiger partial charge in [-0.3, -0.25) is 4.79 Å². The number of carbonyl (C=O) groups excluding carboxylic acids is 1. The molecule has 0 atom stereocenters. The van der Waals surface area contributed by atoms with Crippen molar-refractivity contribution in [1.82, 2.24) is 9.88 Å². The van der Waals surface area contributed by atoms with E-state index in [-0.39, 0.29) is 24.6 Å². The Labute approximate surface area is 93.0 Å². The maximum absolute atomic E-state index is 12.6. The van der Waals surface area contributed by atoms with Gasteiger partial charge in [0.2, 0.25) is 5.95 Å². The Morgan fingerprint density at radius 2 is 2.38 bits per heavy atom. The van der Waals surface area contributed by atoms with E-state index in [0.29, 0.717) is 6.54 Å². The predicted octanol–water partition coefficient (Wildman–Crippen LogP) is 0.841. The van der Waals surface area contributed by atoms with E-state index in [2.05, 4.69) is 11.6 Å². The minimum atomic E-state index is -0.631. The highest BCUT2D eigenvalue weighted by molar-refractivity contribution is 5.93. The summed E-state index contributed by atoms with van der Waals surface area (Å²) < 4.78 is 12.6. The van der Waals surface area contributed by atoms with Crippen molar-refractivity contribution in [2.75, 3.05) is 19.7 Å². The number of aliphatic hydroxyl groups is 1. The molecule has 0 radical (unpaired) electrons. The van der Waals surface area contributed by atoms with Crippen LogP contribution in [0.3, 0.4) is 0 Å². The molecule has 16 heavy (non-hydrogen) atoms. The smallest absolute Gasteiger partial charge is 0.255 e. The third kappa shape index (κ3) is 3.13. The van der Waals surface area contributed by atoms with Gasteiger partial charge in [0.25, 0.3) is 5.91 Å². The van der Waals surface area contributed by atoms with E-state index in [9.17, 15) is 9.18 Å². The lowest BCUT2D eigenvalue weighted by molar-refractivity contribution is 0.0742. The molecule has 1 aromatic heterocycles. The van der Waals surface area contributed by atoms with Crippen LogP contribution in [0.25, 0.3) is 0 Å². The van der Waals surface area contributed by atoms with Gasteiger partial charge in [0.15, 0.2) is 0 Å². The zero-order valence-electron chi connectivity index (χ0n) is 8.77. The summed E-state index contributed by atoms with van der Waals surface area (Å²) in [4.78, 5) is 16.6. The molecule has 4 nitrogen and oxygen atoms in total. The summed E-state index contributed by atoms with van der Waals surface area (Å²) in [6.07, 6.45) is 2.73. The minimum Gasteiger partial charge on any atom is -0.395 e. The molecule has 0 fully saturated rings. The molecule has 0 unspecified atom stereocenters. The van der Waals surface area contributed by atoms with Crippen LogP contribution >= 0.6 is 0 Å².